The van der Waals surface area contributed by atoms with Gasteiger partial charge in [-0.2, -0.15) is 0 Å². The summed E-state index contributed by atoms with van der Waals surface area (Å²) in [6, 6.07) is 3.70. The number of benzene rings is 1. The van der Waals surface area contributed by atoms with E-state index in [0.717, 1.165) is 12.8 Å². The van der Waals surface area contributed by atoms with Crippen LogP contribution in [0.2, 0.25) is 10.0 Å². The highest BCUT2D eigenvalue weighted by atomic mass is 35.5. The molecule has 3 N–H and O–H groups in total. The van der Waals surface area contributed by atoms with Gasteiger partial charge in [-0.3, -0.25) is 9.59 Å². The topological polar surface area (TPSA) is 95.5 Å². The lowest BCUT2D eigenvalue weighted by Gasteiger charge is -2.27. The molecule has 130 valence electrons. The largest absolute Gasteiger partial charge is 0.480 e. The monoisotopic (exact) mass is 372 g/mol. The van der Waals surface area contributed by atoms with Crippen LogP contribution in [0.3, 0.4) is 0 Å². The van der Waals surface area contributed by atoms with Gasteiger partial charge in [0.25, 0.3) is 5.91 Å². The number of amides is 2. The zero-order valence-electron chi connectivity index (χ0n) is 13.1. The Labute approximate surface area is 149 Å². The van der Waals surface area contributed by atoms with Crippen molar-refractivity contribution in [3.63, 3.8) is 0 Å². The molecular weight excluding hydrogens is 355 g/mol. The predicted molar refractivity (Wildman–Crippen MR) is 90.4 cm³/mol. The van der Waals surface area contributed by atoms with E-state index in [1.54, 1.807) is 12.1 Å². The van der Waals surface area contributed by atoms with E-state index >= 15 is 0 Å². The summed E-state index contributed by atoms with van der Waals surface area (Å²) < 4.78 is 0. The zero-order chi connectivity index (χ0) is 17.9. The predicted octanol–water partition coefficient (Wildman–Crippen LogP) is 2.63. The van der Waals surface area contributed by atoms with Gasteiger partial charge >= 0.3 is 5.97 Å². The molecule has 1 fully saturated rings. The van der Waals surface area contributed by atoms with Crippen LogP contribution < -0.4 is 10.6 Å². The number of carboxylic acids is 1. The van der Waals surface area contributed by atoms with Crippen LogP contribution in [0.25, 0.3) is 0 Å². The first-order valence-electron chi connectivity index (χ1n) is 7.57. The number of carbonyl (C=O) groups excluding carboxylic acids is 2. The van der Waals surface area contributed by atoms with Gasteiger partial charge in [-0.15, -0.1) is 0 Å². The molecule has 1 aromatic carbocycles. The summed E-state index contributed by atoms with van der Waals surface area (Å²) in [6.07, 6.45) is 2.25. The van der Waals surface area contributed by atoms with Gasteiger partial charge in [0.05, 0.1) is 15.6 Å². The summed E-state index contributed by atoms with van der Waals surface area (Å²) in [5.41, 5.74) is -1.10. The molecule has 0 saturated heterocycles. The van der Waals surface area contributed by atoms with Crippen LogP contribution in [0, 0.1) is 0 Å². The standard InChI is InChI=1S/C16H18Cl2N2O4/c1-9(13(21)20-16(15(23)24)7-2-3-8-16)19-14(22)10-5-4-6-11(17)12(10)18/h4-6,9H,2-3,7-8H2,1H3,(H,19,22)(H,20,21)(H,23,24). The minimum absolute atomic E-state index is 0.0991. The molecule has 2 amide bonds. The lowest BCUT2D eigenvalue weighted by atomic mass is 9.97. The first kappa shape index (κ1) is 18.5. The zero-order valence-corrected chi connectivity index (χ0v) is 14.6. The molecular formula is C16H18Cl2N2O4. The van der Waals surface area contributed by atoms with Gasteiger partial charge in [0.2, 0.25) is 5.91 Å². The van der Waals surface area contributed by atoms with Crippen LogP contribution in [0.1, 0.15) is 43.0 Å². The fourth-order valence-corrected chi connectivity index (χ4v) is 3.12. The molecule has 6 nitrogen and oxygen atoms in total. The summed E-state index contributed by atoms with van der Waals surface area (Å²) >= 11 is 11.8. The second-order valence-electron chi connectivity index (χ2n) is 5.88. The van der Waals surface area contributed by atoms with Crippen LogP contribution in [-0.2, 0) is 9.59 Å². The number of aliphatic carboxylic acids is 1. The second-order valence-corrected chi connectivity index (χ2v) is 6.67. The summed E-state index contributed by atoms with van der Waals surface area (Å²) in [5.74, 6) is -2.16. The Bertz CT molecular complexity index is 672. The van der Waals surface area contributed by atoms with Crippen LogP contribution in [0.15, 0.2) is 18.2 Å². The van der Waals surface area contributed by atoms with Crippen molar-refractivity contribution in [1.82, 2.24) is 10.6 Å². The van der Waals surface area contributed by atoms with Gasteiger partial charge in [0.1, 0.15) is 11.6 Å². The molecule has 1 aliphatic rings. The molecule has 1 aliphatic carbocycles. The van der Waals surface area contributed by atoms with Crippen LogP contribution >= 0.6 is 23.2 Å². The average Bonchev–Trinajstić information content (AvgIpc) is 2.99. The molecule has 24 heavy (non-hydrogen) atoms. The average molecular weight is 373 g/mol. The van der Waals surface area contributed by atoms with Crippen molar-refractivity contribution in [2.75, 3.05) is 0 Å². The number of carboxylic acid groups (broad SMARTS) is 1. The number of rotatable bonds is 5. The quantitative estimate of drug-likeness (QED) is 0.739. The lowest BCUT2D eigenvalue weighted by molar-refractivity contribution is -0.147. The molecule has 1 atom stereocenters. The highest BCUT2D eigenvalue weighted by Crippen LogP contribution is 2.30. The summed E-state index contributed by atoms with van der Waals surface area (Å²) in [7, 11) is 0. The lowest BCUT2D eigenvalue weighted by Crippen LogP contribution is -2.57. The molecule has 8 heteroatoms. The highest BCUT2D eigenvalue weighted by molar-refractivity contribution is 6.43. The number of halogens is 2. The number of hydrogen-bond donors (Lipinski definition) is 3. The van der Waals surface area contributed by atoms with Crippen molar-refractivity contribution in [2.45, 2.75) is 44.2 Å². The highest BCUT2D eigenvalue weighted by Gasteiger charge is 2.43. The van der Waals surface area contributed by atoms with E-state index in [1.165, 1.54) is 13.0 Å². The molecule has 0 aromatic heterocycles. The van der Waals surface area contributed by atoms with E-state index in [9.17, 15) is 19.5 Å². The van der Waals surface area contributed by atoms with Gasteiger partial charge < -0.3 is 15.7 Å². The van der Waals surface area contributed by atoms with Crippen molar-refractivity contribution in [3.8, 4) is 0 Å². The molecule has 1 saturated carbocycles. The van der Waals surface area contributed by atoms with Gasteiger partial charge in [-0.1, -0.05) is 42.1 Å². The third-order valence-corrected chi connectivity index (χ3v) is 4.98. The molecule has 0 spiro atoms. The minimum Gasteiger partial charge on any atom is -0.480 e. The van der Waals surface area contributed by atoms with E-state index in [4.69, 9.17) is 23.2 Å². The minimum atomic E-state index is -1.25. The second kappa shape index (κ2) is 7.40. The Kier molecular flexibility index (Phi) is 5.72. The van der Waals surface area contributed by atoms with E-state index in [0.29, 0.717) is 12.8 Å². The maximum absolute atomic E-state index is 12.3. The van der Waals surface area contributed by atoms with Gasteiger partial charge in [0.15, 0.2) is 0 Å². The Morgan fingerprint density at radius 2 is 1.83 bits per heavy atom. The molecule has 2 rings (SSSR count). The van der Waals surface area contributed by atoms with Crippen molar-refractivity contribution >= 4 is 41.0 Å². The van der Waals surface area contributed by atoms with Gasteiger partial charge in [-0.05, 0) is 31.9 Å². The first-order valence-corrected chi connectivity index (χ1v) is 8.33. The third kappa shape index (κ3) is 3.82. The Hall–Kier alpha value is -1.79. The van der Waals surface area contributed by atoms with E-state index in [-0.39, 0.29) is 15.6 Å². The molecule has 0 radical (unpaired) electrons. The number of carbonyl (C=O) groups is 3. The number of nitrogens with one attached hydrogen (secondary N) is 2. The van der Waals surface area contributed by atoms with Crippen LogP contribution in [0.4, 0.5) is 0 Å². The summed E-state index contributed by atoms with van der Waals surface area (Å²) in [6.45, 7) is 1.48. The van der Waals surface area contributed by atoms with E-state index < -0.39 is 29.4 Å². The molecule has 0 aliphatic heterocycles. The van der Waals surface area contributed by atoms with Crippen molar-refractivity contribution < 1.29 is 19.5 Å². The number of hydrogen-bond acceptors (Lipinski definition) is 3. The first-order chi connectivity index (χ1) is 11.3. The van der Waals surface area contributed by atoms with Crippen LogP contribution in [-0.4, -0.2) is 34.5 Å². The summed E-state index contributed by atoms with van der Waals surface area (Å²) in [4.78, 5) is 36.0. The van der Waals surface area contributed by atoms with E-state index in [1.807, 2.05) is 0 Å². The third-order valence-electron chi connectivity index (χ3n) is 4.17. The van der Waals surface area contributed by atoms with Crippen molar-refractivity contribution in [3.05, 3.63) is 33.8 Å². The molecule has 1 aromatic rings. The summed E-state index contributed by atoms with van der Waals surface area (Å²) in [5, 5.41) is 14.8. The maximum atomic E-state index is 12.3. The molecule has 0 heterocycles. The Balaban J connectivity index is 2.05. The van der Waals surface area contributed by atoms with Gasteiger partial charge in [0, 0.05) is 0 Å². The SMILES string of the molecule is CC(NC(=O)c1cccc(Cl)c1Cl)C(=O)NC1(C(=O)O)CCCC1. The van der Waals surface area contributed by atoms with Crippen LogP contribution in [0.5, 0.6) is 0 Å². The van der Waals surface area contributed by atoms with Gasteiger partial charge in [-0.25, -0.2) is 4.79 Å². The molecule has 0 bridgehead atoms. The smallest absolute Gasteiger partial charge is 0.329 e. The van der Waals surface area contributed by atoms with Crippen molar-refractivity contribution in [2.24, 2.45) is 0 Å². The Morgan fingerprint density at radius 3 is 2.42 bits per heavy atom. The van der Waals surface area contributed by atoms with Crippen molar-refractivity contribution in [1.29, 1.82) is 0 Å². The fraction of sp³-hybridized carbons (Fsp3) is 0.438. The normalized spacial score (nSPS) is 17.1. The Morgan fingerprint density at radius 1 is 1.21 bits per heavy atom. The van der Waals surface area contributed by atoms with E-state index in [2.05, 4.69) is 10.6 Å². The maximum Gasteiger partial charge on any atom is 0.329 e. The molecule has 1 unspecified atom stereocenters. The fourth-order valence-electron chi connectivity index (χ4n) is 2.73.